The number of carboxylic acid groups (broad SMARTS) is 1. The van der Waals surface area contributed by atoms with Gasteiger partial charge in [-0.05, 0) is 29.8 Å². The van der Waals surface area contributed by atoms with Crippen LogP contribution in [-0.2, 0) is 22.5 Å². The van der Waals surface area contributed by atoms with E-state index in [1.807, 2.05) is 41.1 Å². The molecule has 198 valence electrons. The first-order valence-electron chi connectivity index (χ1n) is 13.2. The summed E-state index contributed by atoms with van der Waals surface area (Å²) >= 11 is 0. The average molecular weight is 523 g/mol. The second kappa shape index (κ2) is 10.4. The summed E-state index contributed by atoms with van der Waals surface area (Å²) in [4.78, 5) is 27.8. The van der Waals surface area contributed by atoms with Crippen LogP contribution in [-0.4, -0.2) is 57.1 Å². The smallest absolute Gasteiger partial charge is 0.415 e. The van der Waals surface area contributed by atoms with Gasteiger partial charge in [-0.2, -0.15) is 5.10 Å². The van der Waals surface area contributed by atoms with Gasteiger partial charge in [0.2, 0.25) is 0 Å². The van der Waals surface area contributed by atoms with E-state index in [2.05, 4.69) is 35.4 Å². The Morgan fingerprint density at radius 3 is 2.23 bits per heavy atom. The maximum absolute atomic E-state index is 12.8. The maximum Gasteiger partial charge on any atom is 0.415 e. The summed E-state index contributed by atoms with van der Waals surface area (Å²) in [6.45, 7) is 2.88. The highest BCUT2D eigenvalue weighted by Crippen LogP contribution is 2.36. The Kier molecular flexibility index (Phi) is 6.62. The Bertz CT molecular complexity index is 1460. The number of para-hydroxylation sites is 1. The summed E-state index contributed by atoms with van der Waals surface area (Å²) in [5.41, 5.74) is 5.17. The quantitative estimate of drug-likeness (QED) is 0.361. The first-order chi connectivity index (χ1) is 19.0. The van der Waals surface area contributed by atoms with E-state index in [1.165, 1.54) is 0 Å². The second-order valence-electron chi connectivity index (χ2n) is 10.3. The number of ether oxygens (including phenoxy) is 1. The third-order valence-electron chi connectivity index (χ3n) is 7.59. The van der Waals surface area contributed by atoms with Gasteiger partial charge in [-0.15, -0.1) is 0 Å². The van der Waals surface area contributed by atoms with Crippen LogP contribution in [0.4, 0.5) is 10.5 Å². The Morgan fingerprint density at radius 2 is 1.56 bits per heavy atom. The number of carbonyl (C=O) groups excluding carboxylic acids is 1. The molecule has 8 nitrogen and oxygen atoms in total. The number of hydrogen-bond acceptors (Lipinski definition) is 5. The summed E-state index contributed by atoms with van der Waals surface area (Å²) in [5.74, 6) is -0.877. The molecule has 2 aliphatic heterocycles. The predicted octanol–water partition coefficient (Wildman–Crippen LogP) is 5.16. The van der Waals surface area contributed by atoms with Crippen molar-refractivity contribution >= 4 is 17.7 Å². The van der Waals surface area contributed by atoms with E-state index >= 15 is 0 Å². The Labute approximate surface area is 227 Å². The Balaban J connectivity index is 1.15. The van der Waals surface area contributed by atoms with Crippen molar-refractivity contribution in [3.8, 4) is 16.9 Å². The minimum atomic E-state index is -0.877. The number of hydrogen-bond donors (Lipinski definition) is 1. The van der Waals surface area contributed by atoms with Crippen LogP contribution < -0.4 is 4.90 Å². The van der Waals surface area contributed by atoms with Crippen LogP contribution >= 0.6 is 0 Å². The van der Waals surface area contributed by atoms with Crippen molar-refractivity contribution in [1.82, 2.24) is 14.7 Å². The monoisotopic (exact) mass is 522 g/mol. The fraction of sp³-hybridized carbons (Fsp3) is 0.258. The SMILES string of the molecule is O=C(O)Cc1ccc(N2CC3(CCN(Cc4cn(-c5ccccc5)nc4-c4ccccc4)CC3)OC2=O)cc1. The van der Waals surface area contributed by atoms with Crippen molar-refractivity contribution in [3.63, 3.8) is 0 Å². The van der Waals surface area contributed by atoms with E-state index < -0.39 is 11.6 Å². The normalized spacial score (nSPS) is 16.9. The van der Waals surface area contributed by atoms with E-state index in [-0.39, 0.29) is 12.5 Å². The molecule has 2 fully saturated rings. The highest BCUT2D eigenvalue weighted by Gasteiger charge is 2.47. The number of rotatable bonds is 7. The molecule has 0 unspecified atom stereocenters. The number of benzene rings is 3. The van der Waals surface area contributed by atoms with Gasteiger partial charge >= 0.3 is 12.1 Å². The number of amides is 1. The molecule has 1 amide bonds. The zero-order chi connectivity index (χ0) is 26.8. The van der Waals surface area contributed by atoms with Gasteiger partial charge in [0.05, 0.1) is 24.3 Å². The fourth-order valence-corrected chi connectivity index (χ4v) is 5.49. The lowest BCUT2D eigenvalue weighted by molar-refractivity contribution is -0.136. The van der Waals surface area contributed by atoms with E-state index in [9.17, 15) is 9.59 Å². The van der Waals surface area contributed by atoms with E-state index in [0.29, 0.717) is 12.1 Å². The lowest BCUT2D eigenvalue weighted by atomic mass is 9.91. The lowest BCUT2D eigenvalue weighted by Crippen LogP contribution is -2.46. The summed E-state index contributed by atoms with van der Waals surface area (Å²) < 4.78 is 7.90. The highest BCUT2D eigenvalue weighted by atomic mass is 16.6. The average Bonchev–Trinajstić information content (AvgIpc) is 3.52. The van der Waals surface area contributed by atoms with Crippen LogP contribution in [0.1, 0.15) is 24.0 Å². The highest BCUT2D eigenvalue weighted by molar-refractivity contribution is 5.90. The number of carboxylic acids is 1. The summed E-state index contributed by atoms with van der Waals surface area (Å²) in [6, 6.07) is 27.5. The third-order valence-corrected chi connectivity index (χ3v) is 7.59. The summed E-state index contributed by atoms with van der Waals surface area (Å²) in [5, 5.41) is 13.9. The molecule has 0 aliphatic carbocycles. The zero-order valence-corrected chi connectivity index (χ0v) is 21.6. The molecule has 4 aromatic rings. The molecule has 6 rings (SSSR count). The van der Waals surface area contributed by atoms with Crippen molar-refractivity contribution in [3.05, 3.63) is 102 Å². The Morgan fingerprint density at radius 1 is 0.897 bits per heavy atom. The number of nitrogens with zero attached hydrogens (tertiary/aromatic N) is 4. The number of aromatic nitrogens is 2. The Hall–Kier alpha value is -4.43. The van der Waals surface area contributed by atoms with Crippen molar-refractivity contribution < 1.29 is 19.4 Å². The summed E-state index contributed by atoms with van der Waals surface area (Å²) in [7, 11) is 0. The van der Waals surface area contributed by atoms with Crippen molar-refractivity contribution in [2.45, 2.75) is 31.4 Å². The van der Waals surface area contributed by atoms with Gasteiger partial charge in [0.15, 0.2) is 0 Å². The molecule has 39 heavy (non-hydrogen) atoms. The van der Waals surface area contributed by atoms with Gasteiger partial charge in [0, 0.05) is 55.5 Å². The van der Waals surface area contributed by atoms with Gasteiger partial charge in [0.1, 0.15) is 5.60 Å². The van der Waals surface area contributed by atoms with Crippen LogP contribution in [0.3, 0.4) is 0 Å². The van der Waals surface area contributed by atoms with Crippen LogP contribution in [0, 0.1) is 0 Å². The van der Waals surface area contributed by atoms with E-state index in [1.54, 1.807) is 29.2 Å². The molecule has 1 N–H and O–H groups in total. The molecule has 0 radical (unpaired) electrons. The van der Waals surface area contributed by atoms with Gasteiger partial charge in [-0.3, -0.25) is 14.6 Å². The predicted molar refractivity (Wildman–Crippen MR) is 148 cm³/mol. The molecule has 3 aromatic carbocycles. The van der Waals surface area contributed by atoms with E-state index in [4.69, 9.17) is 14.9 Å². The molecular formula is C31H30N4O4. The standard InChI is InChI=1S/C31H30N4O4/c36-28(37)19-23-11-13-26(14-12-23)34-22-31(39-30(34)38)15-17-33(18-16-31)20-25-21-35(27-9-5-2-6-10-27)32-29(25)24-7-3-1-4-8-24/h1-14,21H,15-20,22H2,(H,36,37). The van der Waals surface area contributed by atoms with Crippen LogP contribution in [0.25, 0.3) is 16.9 Å². The minimum Gasteiger partial charge on any atom is -0.481 e. The van der Waals surface area contributed by atoms with E-state index in [0.717, 1.165) is 60.7 Å². The first-order valence-corrected chi connectivity index (χ1v) is 13.2. The number of carbonyl (C=O) groups is 2. The number of likely N-dealkylation sites (tertiary alicyclic amines) is 1. The molecular weight excluding hydrogens is 492 g/mol. The minimum absolute atomic E-state index is 0.0409. The van der Waals surface area contributed by atoms with Gasteiger partial charge in [-0.25, -0.2) is 9.48 Å². The van der Waals surface area contributed by atoms with Gasteiger partial charge in [-0.1, -0.05) is 60.7 Å². The van der Waals surface area contributed by atoms with Crippen LogP contribution in [0.15, 0.2) is 91.1 Å². The molecule has 0 atom stereocenters. The molecule has 1 spiro atoms. The first kappa shape index (κ1) is 24.9. The molecule has 1 aromatic heterocycles. The van der Waals surface area contributed by atoms with Crippen molar-refractivity contribution in [2.24, 2.45) is 0 Å². The fourth-order valence-electron chi connectivity index (χ4n) is 5.49. The maximum atomic E-state index is 12.8. The van der Waals surface area contributed by atoms with Crippen LogP contribution in [0.2, 0.25) is 0 Å². The van der Waals surface area contributed by atoms with Crippen molar-refractivity contribution in [1.29, 1.82) is 0 Å². The molecule has 2 aliphatic rings. The topological polar surface area (TPSA) is 87.9 Å². The molecule has 2 saturated heterocycles. The lowest BCUT2D eigenvalue weighted by Gasteiger charge is -2.37. The molecule has 0 bridgehead atoms. The second-order valence-corrected chi connectivity index (χ2v) is 10.3. The number of anilines is 1. The third kappa shape index (κ3) is 5.28. The zero-order valence-electron chi connectivity index (χ0n) is 21.6. The van der Waals surface area contributed by atoms with Gasteiger partial charge < -0.3 is 9.84 Å². The molecule has 0 saturated carbocycles. The summed E-state index contributed by atoms with van der Waals surface area (Å²) in [6.07, 6.45) is 3.23. The number of piperidine rings is 1. The largest absolute Gasteiger partial charge is 0.481 e. The van der Waals surface area contributed by atoms with Crippen molar-refractivity contribution in [2.75, 3.05) is 24.5 Å². The molecule has 3 heterocycles. The van der Waals surface area contributed by atoms with Crippen LogP contribution in [0.5, 0.6) is 0 Å². The molecule has 8 heteroatoms. The number of aliphatic carboxylic acids is 1. The van der Waals surface area contributed by atoms with Gasteiger partial charge in [0.25, 0.3) is 0 Å².